The lowest BCUT2D eigenvalue weighted by atomic mass is 10.2. The van der Waals surface area contributed by atoms with Crippen molar-refractivity contribution in [2.75, 3.05) is 18.5 Å². The van der Waals surface area contributed by atoms with Gasteiger partial charge >= 0.3 is 12.2 Å². The molecule has 2 amide bonds. The van der Waals surface area contributed by atoms with Gasteiger partial charge in [0.2, 0.25) is 0 Å². The third kappa shape index (κ3) is 7.17. The Hall–Kier alpha value is -1.95. The average Bonchev–Trinajstić information content (AvgIpc) is 2.51. The fourth-order valence-electron chi connectivity index (χ4n) is 1.53. The van der Waals surface area contributed by atoms with Gasteiger partial charge < -0.3 is 14.8 Å². The van der Waals surface area contributed by atoms with Gasteiger partial charge in [-0.1, -0.05) is 25.4 Å². The molecule has 6 nitrogen and oxygen atoms in total. The van der Waals surface area contributed by atoms with Gasteiger partial charge in [-0.2, -0.15) is 0 Å². The zero-order valence-corrected chi connectivity index (χ0v) is 13.5. The van der Waals surface area contributed by atoms with Gasteiger partial charge in [0.1, 0.15) is 6.61 Å². The van der Waals surface area contributed by atoms with Crippen molar-refractivity contribution in [3.05, 3.63) is 29.3 Å². The van der Waals surface area contributed by atoms with Crippen LogP contribution in [0.5, 0.6) is 0 Å². The van der Waals surface area contributed by atoms with Gasteiger partial charge in [0.15, 0.2) is 0 Å². The van der Waals surface area contributed by atoms with E-state index in [0.29, 0.717) is 23.7 Å². The molecule has 0 saturated heterocycles. The minimum Gasteiger partial charge on any atom is -0.450 e. The molecule has 0 aromatic heterocycles. The van der Waals surface area contributed by atoms with E-state index in [-0.39, 0.29) is 12.6 Å². The van der Waals surface area contributed by atoms with E-state index < -0.39 is 12.2 Å². The number of amides is 2. The van der Waals surface area contributed by atoms with Crippen molar-refractivity contribution in [1.29, 1.82) is 0 Å². The van der Waals surface area contributed by atoms with E-state index in [2.05, 4.69) is 10.6 Å². The second kappa shape index (κ2) is 9.89. The number of carbonyl (C=O) groups excluding carboxylic acids is 2. The highest BCUT2D eigenvalue weighted by Crippen LogP contribution is 2.13. The van der Waals surface area contributed by atoms with Gasteiger partial charge in [0, 0.05) is 10.7 Å². The third-order valence-corrected chi connectivity index (χ3v) is 3.01. The number of alkyl carbamates (subject to hydrolysis) is 1. The zero-order chi connectivity index (χ0) is 16.4. The zero-order valence-electron chi connectivity index (χ0n) is 12.7. The Kier molecular flexibility index (Phi) is 8.14. The first-order valence-electron chi connectivity index (χ1n) is 7.17. The van der Waals surface area contributed by atoms with Gasteiger partial charge in [-0.05, 0) is 37.1 Å². The molecule has 1 atom stereocenters. The van der Waals surface area contributed by atoms with Crippen LogP contribution in [0.1, 0.15) is 26.7 Å². The molecule has 0 aliphatic carbocycles. The number of rotatable bonds is 7. The number of carbonyl (C=O) groups is 2. The summed E-state index contributed by atoms with van der Waals surface area (Å²) in [4.78, 5) is 23.1. The number of benzene rings is 1. The molecule has 7 heteroatoms. The lowest BCUT2D eigenvalue weighted by Crippen LogP contribution is -2.39. The molecule has 1 unspecified atom stereocenters. The molecular weight excluding hydrogens is 308 g/mol. The topological polar surface area (TPSA) is 76.7 Å². The first kappa shape index (κ1) is 18.1. The first-order chi connectivity index (χ1) is 10.5. The minimum atomic E-state index is -0.593. The number of nitrogens with one attached hydrogen (secondary N) is 2. The number of hydrogen-bond acceptors (Lipinski definition) is 4. The highest BCUT2D eigenvalue weighted by Gasteiger charge is 2.13. The second-order valence-electron chi connectivity index (χ2n) is 4.62. The summed E-state index contributed by atoms with van der Waals surface area (Å²) in [6.07, 6.45) is 0.277. The maximum Gasteiger partial charge on any atom is 0.411 e. The fourth-order valence-corrected chi connectivity index (χ4v) is 1.65. The predicted molar refractivity (Wildman–Crippen MR) is 85.3 cm³/mol. The quantitative estimate of drug-likeness (QED) is 0.798. The van der Waals surface area contributed by atoms with Crippen molar-refractivity contribution in [2.45, 2.75) is 32.7 Å². The van der Waals surface area contributed by atoms with Crippen molar-refractivity contribution in [3.63, 3.8) is 0 Å². The summed E-state index contributed by atoms with van der Waals surface area (Å²) < 4.78 is 10.00. The van der Waals surface area contributed by atoms with Crippen LogP contribution in [0, 0.1) is 0 Å². The number of ether oxygens (including phenoxy) is 2. The Balaban J connectivity index is 2.34. The number of halogens is 1. The molecule has 0 fully saturated rings. The first-order valence-corrected chi connectivity index (χ1v) is 7.55. The summed E-state index contributed by atoms with van der Waals surface area (Å²) in [7, 11) is 0. The van der Waals surface area contributed by atoms with Gasteiger partial charge in [-0.3, -0.25) is 5.32 Å². The summed E-state index contributed by atoms with van der Waals surface area (Å²) in [5.41, 5.74) is 0.581. The Bertz CT molecular complexity index is 479. The van der Waals surface area contributed by atoms with E-state index in [1.807, 2.05) is 13.8 Å². The molecule has 22 heavy (non-hydrogen) atoms. The summed E-state index contributed by atoms with van der Waals surface area (Å²) in [5.74, 6) is 0. The number of hydrogen-bond donors (Lipinski definition) is 2. The largest absolute Gasteiger partial charge is 0.450 e. The minimum absolute atomic E-state index is 0.0666. The molecule has 0 saturated carbocycles. The van der Waals surface area contributed by atoms with Crippen LogP contribution in [0.4, 0.5) is 15.3 Å². The Morgan fingerprint density at radius 3 is 2.41 bits per heavy atom. The molecule has 2 N–H and O–H groups in total. The van der Waals surface area contributed by atoms with E-state index >= 15 is 0 Å². The molecule has 122 valence electrons. The fraction of sp³-hybridized carbons (Fsp3) is 0.467. The molecule has 0 radical (unpaired) electrons. The lowest BCUT2D eigenvalue weighted by Gasteiger charge is -2.17. The lowest BCUT2D eigenvalue weighted by molar-refractivity contribution is 0.124. The highest BCUT2D eigenvalue weighted by atomic mass is 35.5. The van der Waals surface area contributed by atoms with E-state index in [9.17, 15) is 9.59 Å². The number of anilines is 1. The van der Waals surface area contributed by atoms with Crippen molar-refractivity contribution in [1.82, 2.24) is 5.32 Å². The Labute approximate surface area is 135 Å². The van der Waals surface area contributed by atoms with Crippen LogP contribution in [0.2, 0.25) is 5.02 Å². The van der Waals surface area contributed by atoms with Crippen LogP contribution in [0.3, 0.4) is 0 Å². The van der Waals surface area contributed by atoms with E-state index in [0.717, 1.165) is 6.42 Å². The van der Waals surface area contributed by atoms with Crippen molar-refractivity contribution in [2.24, 2.45) is 0 Å². The molecular formula is C15H21ClN2O4. The van der Waals surface area contributed by atoms with Crippen LogP contribution >= 0.6 is 11.6 Å². The van der Waals surface area contributed by atoms with Crippen molar-refractivity contribution >= 4 is 29.5 Å². The Morgan fingerprint density at radius 1 is 1.14 bits per heavy atom. The van der Waals surface area contributed by atoms with Crippen molar-refractivity contribution in [3.8, 4) is 0 Å². The van der Waals surface area contributed by atoms with Crippen molar-refractivity contribution < 1.29 is 19.1 Å². The predicted octanol–water partition coefficient (Wildman–Crippen LogP) is 3.80. The smallest absolute Gasteiger partial charge is 0.411 e. The molecule has 1 rings (SSSR count). The van der Waals surface area contributed by atoms with Crippen LogP contribution in [0.15, 0.2) is 24.3 Å². The molecule has 0 heterocycles. The summed E-state index contributed by atoms with van der Waals surface area (Å²) in [6.45, 7) is 4.22. The molecule has 0 bridgehead atoms. The molecule has 0 aliphatic rings. The van der Waals surface area contributed by atoms with Crippen LogP contribution in [-0.4, -0.2) is 31.4 Å². The maximum atomic E-state index is 11.7. The standard InChI is InChI=1S/C15H21ClN2O4/c1-3-9-21-14(19)17-12(4-2)10-22-15(20)18-13-7-5-11(16)6-8-13/h5-8,12H,3-4,9-10H2,1-2H3,(H,17,19)(H,18,20). The summed E-state index contributed by atoms with van der Waals surface area (Å²) in [6, 6.07) is 6.37. The molecule has 1 aromatic carbocycles. The van der Waals surface area contributed by atoms with E-state index in [1.165, 1.54) is 0 Å². The van der Waals surface area contributed by atoms with Crippen LogP contribution < -0.4 is 10.6 Å². The second-order valence-corrected chi connectivity index (χ2v) is 5.05. The average molecular weight is 329 g/mol. The third-order valence-electron chi connectivity index (χ3n) is 2.76. The van der Waals surface area contributed by atoms with Gasteiger partial charge in [-0.15, -0.1) is 0 Å². The van der Waals surface area contributed by atoms with E-state index in [4.69, 9.17) is 21.1 Å². The normalized spacial score (nSPS) is 11.4. The van der Waals surface area contributed by atoms with Gasteiger partial charge in [-0.25, -0.2) is 9.59 Å². The summed E-state index contributed by atoms with van der Waals surface area (Å²) in [5, 5.41) is 5.80. The molecule has 1 aromatic rings. The van der Waals surface area contributed by atoms with Crippen LogP contribution in [0.25, 0.3) is 0 Å². The van der Waals surface area contributed by atoms with E-state index in [1.54, 1.807) is 24.3 Å². The summed E-state index contributed by atoms with van der Waals surface area (Å²) >= 11 is 5.76. The Morgan fingerprint density at radius 2 is 1.82 bits per heavy atom. The highest BCUT2D eigenvalue weighted by molar-refractivity contribution is 6.30. The molecule has 0 spiro atoms. The molecule has 0 aliphatic heterocycles. The maximum absolute atomic E-state index is 11.7. The monoisotopic (exact) mass is 328 g/mol. The van der Waals surface area contributed by atoms with Gasteiger partial charge in [0.05, 0.1) is 12.6 Å². The SMILES string of the molecule is CCCOC(=O)NC(CC)COC(=O)Nc1ccc(Cl)cc1. The van der Waals surface area contributed by atoms with Gasteiger partial charge in [0.25, 0.3) is 0 Å². The van der Waals surface area contributed by atoms with Crippen LogP contribution in [-0.2, 0) is 9.47 Å².